The molecule has 1 aliphatic rings. The molecule has 1 aliphatic heterocycles. The molecule has 3 nitrogen and oxygen atoms in total. The average molecular weight is 396 g/mol. The van der Waals surface area contributed by atoms with Gasteiger partial charge in [-0.05, 0) is 66.0 Å². The van der Waals surface area contributed by atoms with Crippen molar-refractivity contribution >= 4 is 45.8 Å². The van der Waals surface area contributed by atoms with E-state index in [0.29, 0.717) is 16.5 Å². The number of piperidine rings is 1. The Morgan fingerprint density at radius 2 is 2.10 bits per heavy atom. The predicted octanol–water partition coefficient (Wildman–Crippen LogP) is 3.99. The van der Waals surface area contributed by atoms with E-state index in [9.17, 15) is 4.79 Å². The molecule has 0 radical (unpaired) electrons. The van der Waals surface area contributed by atoms with Crippen molar-refractivity contribution in [2.24, 2.45) is 5.92 Å². The van der Waals surface area contributed by atoms with Gasteiger partial charge in [0, 0.05) is 22.6 Å². The van der Waals surface area contributed by atoms with Gasteiger partial charge in [0.15, 0.2) is 0 Å². The Kier molecular flexibility index (Phi) is 8.03. The summed E-state index contributed by atoms with van der Waals surface area (Å²) in [6.45, 7) is 5.87. The number of hydrogen-bond acceptors (Lipinski definition) is 2. The molecule has 0 unspecified atom stereocenters. The van der Waals surface area contributed by atoms with E-state index in [-0.39, 0.29) is 18.3 Å². The normalized spacial score (nSPS) is 15.7. The van der Waals surface area contributed by atoms with Crippen molar-refractivity contribution in [2.75, 3.05) is 26.2 Å². The van der Waals surface area contributed by atoms with Crippen LogP contribution in [0.4, 0.5) is 0 Å². The van der Waals surface area contributed by atoms with Gasteiger partial charge in [-0.2, -0.15) is 0 Å². The highest BCUT2D eigenvalue weighted by Gasteiger charge is 2.24. The monoisotopic (exact) mass is 394 g/mol. The molecular weight excluding hydrogens is 375 g/mol. The van der Waals surface area contributed by atoms with Crippen LogP contribution in [0.2, 0.25) is 5.02 Å². The Morgan fingerprint density at radius 3 is 2.67 bits per heavy atom. The van der Waals surface area contributed by atoms with Crippen LogP contribution < -0.4 is 5.32 Å². The molecule has 1 amide bonds. The van der Waals surface area contributed by atoms with Crippen LogP contribution in [-0.4, -0.2) is 37.0 Å². The Morgan fingerprint density at radius 1 is 1.43 bits per heavy atom. The second-order valence-electron chi connectivity index (χ2n) is 5.17. The minimum Gasteiger partial charge on any atom is -0.339 e. The fourth-order valence-electron chi connectivity index (χ4n) is 2.52. The van der Waals surface area contributed by atoms with Crippen LogP contribution in [0.15, 0.2) is 22.7 Å². The van der Waals surface area contributed by atoms with Gasteiger partial charge in [0.25, 0.3) is 5.91 Å². The van der Waals surface area contributed by atoms with Crippen molar-refractivity contribution in [1.29, 1.82) is 0 Å². The third kappa shape index (κ3) is 5.13. The van der Waals surface area contributed by atoms with Gasteiger partial charge in [-0.15, -0.1) is 12.4 Å². The van der Waals surface area contributed by atoms with Gasteiger partial charge in [-0.25, -0.2) is 0 Å². The lowest BCUT2D eigenvalue weighted by atomic mass is 9.96. The SMILES string of the molecule is CCNCC1CCN(C(=O)c2ccc(Cl)cc2Br)CC1.Cl. The van der Waals surface area contributed by atoms with Crippen molar-refractivity contribution in [3.63, 3.8) is 0 Å². The first-order chi connectivity index (χ1) is 9.61. The molecule has 1 heterocycles. The molecule has 0 aromatic heterocycles. The molecule has 1 N–H and O–H groups in total. The first-order valence-corrected chi connectivity index (χ1v) is 8.24. The zero-order chi connectivity index (χ0) is 14.5. The molecule has 1 fully saturated rings. The number of rotatable bonds is 4. The third-order valence-electron chi connectivity index (χ3n) is 3.75. The molecule has 21 heavy (non-hydrogen) atoms. The highest BCUT2D eigenvalue weighted by Crippen LogP contribution is 2.25. The summed E-state index contributed by atoms with van der Waals surface area (Å²) in [5, 5.41) is 4.02. The van der Waals surface area contributed by atoms with Gasteiger partial charge in [-0.1, -0.05) is 18.5 Å². The van der Waals surface area contributed by atoms with Gasteiger partial charge >= 0.3 is 0 Å². The van der Waals surface area contributed by atoms with E-state index in [0.717, 1.165) is 43.5 Å². The summed E-state index contributed by atoms with van der Waals surface area (Å²) in [5.74, 6) is 0.781. The fourth-order valence-corrected chi connectivity index (χ4v) is 3.37. The van der Waals surface area contributed by atoms with E-state index in [1.807, 2.05) is 4.90 Å². The molecule has 0 spiro atoms. The molecular formula is C15H21BrCl2N2O. The number of carbonyl (C=O) groups excluding carboxylic acids is 1. The zero-order valence-electron chi connectivity index (χ0n) is 12.1. The molecule has 0 atom stereocenters. The number of halogens is 3. The number of nitrogens with one attached hydrogen (secondary N) is 1. The highest BCUT2D eigenvalue weighted by molar-refractivity contribution is 9.10. The van der Waals surface area contributed by atoms with Gasteiger partial charge in [0.2, 0.25) is 0 Å². The average Bonchev–Trinajstić information content (AvgIpc) is 2.45. The van der Waals surface area contributed by atoms with E-state index in [1.54, 1.807) is 18.2 Å². The Labute approximate surface area is 146 Å². The number of amides is 1. The predicted molar refractivity (Wildman–Crippen MR) is 93.6 cm³/mol. The smallest absolute Gasteiger partial charge is 0.254 e. The van der Waals surface area contributed by atoms with E-state index in [1.165, 1.54) is 0 Å². The molecule has 1 aromatic carbocycles. The number of benzene rings is 1. The maximum atomic E-state index is 12.5. The maximum absolute atomic E-state index is 12.5. The Hall–Kier alpha value is -0.290. The topological polar surface area (TPSA) is 32.3 Å². The Bertz CT molecular complexity index is 477. The van der Waals surface area contributed by atoms with E-state index in [4.69, 9.17) is 11.6 Å². The molecule has 118 valence electrons. The van der Waals surface area contributed by atoms with Crippen molar-refractivity contribution in [3.05, 3.63) is 33.3 Å². The second kappa shape index (κ2) is 8.99. The van der Waals surface area contributed by atoms with Crippen LogP contribution in [0.25, 0.3) is 0 Å². The largest absolute Gasteiger partial charge is 0.339 e. The lowest BCUT2D eigenvalue weighted by Gasteiger charge is -2.32. The summed E-state index contributed by atoms with van der Waals surface area (Å²) >= 11 is 9.33. The summed E-state index contributed by atoms with van der Waals surface area (Å²) in [5.41, 5.74) is 0.694. The van der Waals surface area contributed by atoms with Crippen LogP contribution in [0.5, 0.6) is 0 Å². The molecule has 0 bridgehead atoms. The van der Waals surface area contributed by atoms with Gasteiger partial charge in [-0.3, -0.25) is 4.79 Å². The van der Waals surface area contributed by atoms with Crippen LogP contribution in [0, 0.1) is 5.92 Å². The van der Waals surface area contributed by atoms with Crippen molar-refractivity contribution in [2.45, 2.75) is 19.8 Å². The minimum atomic E-state index is 0. The van der Waals surface area contributed by atoms with Gasteiger partial charge < -0.3 is 10.2 Å². The van der Waals surface area contributed by atoms with Crippen molar-refractivity contribution < 1.29 is 4.79 Å². The van der Waals surface area contributed by atoms with Crippen LogP contribution in [-0.2, 0) is 0 Å². The quantitative estimate of drug-likeness (QED) is 0.835. The zero-order valence-corrected chi connectivity index (χ0v) is 15.2. The minimum absolute atomic E-state index is 0. The van der Waals surface area contributed by atoms with Crippen LogP contribution in [0.3, 0.4) is 0 Å². The molecule has 2 rings (SSSR count). The highest BCUT2D eigenvalue weighted by atomic mass is 79.9. The first-order valence-electron chi connectivity index (χ1n) is 7.07. The van der Waals surface area contributed by atoms with Crippen molar-refractivity contribution in [1.82, 2.24) is 10.2 Å². The van der Waals surface area contributed by atoms with Gasteiger partial charge in [0.1, 0.15) is 0 Å². The Balaban J connectivity index is 0.00000220. The third-order valence-corrected chi connectivity index (χ3v) is 4.64. The molecule has 6 heteroatoms. The van der Waals surface area contributed by atoms with E-state index >= 15 is 0 Å². The molecule has 1 saturated heterocycles. The molecule has 0 aliphatic carbocycles. The summed E-state index contributed by atoms with van der Waals surface area (Å²) in [6.07, 6.45) is 2.15. The summed E-state index contributed by atoms with van der Waals surface area (Å²) in [6, 6.07) is 5.32. The first kappa shape index (κ1) is 18.8. The van der Waals surface area contributed by atoms with Crippen LogP contribution in [0.1, 0.15) is 30.1 Å². The summed E-state index contributed by atoms with van der Waals surface area (Å²) in [7, 11) is 0. The number of carbonyl (C=O) groups is 1. The second-order valence-corrected chi connectivity index (χ2v) is 6.46. The summed E-state index contributed by atoms with van der Waals surface area (Å²) < 4.78 is 0.768. The van der Waals surface area contributed by atoms with E-state index < -0.39 is 0 Å². The molecule has 0 saturated carbocycles. The number of likely N-dealkylation sites (tertiary alicyclic amines) is 1. The van der Waals surface area contributed by atoms with Gasteiger partial charge in [0.05, 0.1) is 5.56 Å². The standard InChI is InChI=1S/C15H20BrClN2O.ClH/c1-2-18-10-11-5-7-19(8-6-11)15(20)13-4-3-12(17)9-14(13)16;/h3-4,9,11,18H,2,5-8,10H2,1H3;1H. The lowest BCUT2D eigenvalue weighted by Crippen LogP contribution is -2.40. The lowest BCUT2D eigenvalue weighted by molar-refractivity contribution is 0.0689. The van der Waals surface area contributed by atoms with Crippen molar-refractivity contribution in [3.8, 4) is 0 Å². The fraction of sp³-hybridized carbons (Fsp3) is 0.533. The number of nitrogens with zero attached hydrogens (tertiary/aromatic N) is 1. The van der Waals surface area contributed by atoms with Crippen LogP contribution >= 0.6 is 39.9 Å². The maximum Gasteiger partial charge on any atom is 0.254 e. The summed E-state index contributed by atoms with van der Waals surface area (Å²) in [4.78, 5) is 14.4. The number of hydrogen-bond donors (Lipinski definition) is 1. The van der Waals surface area contributed by atoms with E-state index in [2.05, 4.69) is 28.2 Å². The molecule has 1 aromatic rings.